The van der Waals surface area contributed by atoms with Crippen LogP contribution in [0.25, 0.3) is 0 Å². The number of amides is 1. The lowest BCUT2D eigenvalue weighted by atomic mass is 10.00. The number of nitrogens with zero attached hydrogens (tertiary/aromatic N) is 2. The van der Waals surface area contributed by atoms with Crippen molar-refractivity contribution in [3.63, 3.8) is 0 Å². The number of rotatable bonds is 4. The average molecular weight is 272 g/mol. The Morgan fingerprint density at radius 2 is 2.15 bits per heavy atom. The summed E-state index contributed by atoms with van der Waals surface area (Å²) in [7, 11) is 0. The molecule has 1 aromatic carbocycles. The first-order valence-corrected chi connectivity index (χ1v) is 7.17. The largest absolute Gasteiger partial charge is 0.484 e. The zero-order valence-electron chi connectivity index (χ0n) is 11.8. The number of carbonyl (C=O) groups excluding carboxylic acids is 1. The van der Waals surface area contributed by atoms with Gasteiger partial charge in [0.25, 0.3) is 5.91 Å². The number of carbonyl (C=O) groups is 1. The lowest BCUT2D eigenvalue weighted by Gasteiger charge is -2.35. The van der Waals surface area contributed by atoms with Crippen molar-refractivity contribution >= 4 is 5.91 Å². The molecule has 1 saturated heterocycles. The molecule has 1 aliphatic rings. The Labute approximate surface area is 120 Å². The van der Waals surface area contributed by atoms with Crippen molar-refractivity contribution in [2.75, 3.05) is 13.2 Å². The average Bonchev–Trinajstić information content (AvgIpc) is 2.53. The summed E-state index contributed by atoms with van der Waals surface area (Å²) >= 11 is 0. The highest BCUT2D eigenvalue weighted by Crippen LogP contribution is 2.20. The maximum absolute atomic E-state index is 12.2. The summed E-state index contributed by atoms with van der Waals surface area (Å²) in [5.41, 5.74) is 0.589. The topological polar surface area (TPSA) is 53.3 Å². The van der Waals surface area contributed by atoms with Crippen molar-refractivity contribution in [3.05, 3.63) is 29.8 Å². The number of benzene rings is 1. The molecule has 0 saturated carbocycles. The van der Waals surface area contributed by atoms with Gasteiger partial charge >= 0.3 is 0 Å². The molecular formula is C16H20N2O2. The van der Waals surface area contributed by atoms with Gasteiger partial charge in [0, 0.05) is 12.6 Å². The fourth-order valence-corrected chi connectivity index (χ4v) is 2.61. The maximum atomic E-state index is 12.2. The maximum Gasteiger partial charge on any atom is 0.260 e. The summed E-state index contributed by atoms with van der Waals surface area (Å²) in [5.74, 6) is 0.684. The van der Waals surface area contributed by atoms with E-state index in [2.05, 4.69) is 13.0 Å². The third-order valence-corrected chi connectivity index (χ3v) is 3.76. The Morgan fingerprint density at radius 3 is 2.80 bits per heavy atom. The molecule has 0 aromatic heterocycles. The fraction of sp³-hybridized carbons (Fsp3) is 0.500. The Morgan fingerprint density at radius 1 is 1.40 bits per heavy atom. The van der Waals surface area contributed by atoms with Gasteiger partial charge in [-0.2, -0.15) is 5.26 Å². The highest BCUT2D eigenvalue weighted by molar-refractivity contribution is 5.78. The smallest absolute Gasteiger partial charge is 0.260 e. The summed E-state index contributed by atoms with van der Waals surface area (Å²) in [6, 6.07) is 9.24. The number of hydrogen-bond acceptors (Lipinski definition) is 3. The molecule has 0 unspecified atom stereocenters. The second kappa shape index (κ2) is 6.95. The monoisotopic (exact) mass is 272 g/mol. The molecule has 0 aliphatic carbocycles. The molecule has 1 atom stereocenters. The lowest BCUT2D eigenvalue weighted by Crippen LogP contribution is -2.45. The van der Waals surface area contributed by atoms with Gasteiger partial charge in [-0.15, -0.1) is 0 Å². The van der Waals surface area contributed by atoms with Crippen molar-refractivity contribution in [3.8, 4) is 11.8 Å². The first kappa shape index (κ1) is 14.4. The molecule has 0 radical (unpaired) electrons. The second-order valence-corrected chi connectivity index (χ2v) is 5.07. The van der Waals surface area contributed by atoms with Crippen LogP contribution in [-0.2, 0) is 4.79 Å². The minimum Gasteiger partial charge on any atom is -0.484 e. The molecule has 0 N–H and O–H groups in total. The summed E-state index contributed by atoms with van der Waals surface area (Å²) in [4.78, 5) is 14.2. The van der Waals surface area contributed by atoms with Gasteiger partial charge < -0.3 is 9.64 Å². The van der Waals surface area contributed by atoms with E-state index >= 15 is 0 Å². The Bertz CT molecular complexity index is 490. The van der Waals surface area contributed by atoms with Crippen LogP contribution in [0.15, 0.2) is 24.3 Å². The number of nitriles is 1. The first-order valence-electron chi connectivity index (χ1n) is 7.17. The predicted molar refractivity (Wildman–Crippen MR) is 76.3 cm³/mol. The molecular weight excluding hydrogens is 252 g/mol. The van der Waals surface area contributed by atoms with Crippen LogP contribution in [0.2, 0.25) is 0 Å². The number of hydrogen-bond donors (Lipinski definition) is 0. The molecule has 1 aliphatic heterocycles. The van der Waals surface area contributed by atoms with Gasteiger partial charge in [-0.25, -0.2) is 0 Å². The lowest BCUT2D eigenvalue weighted by molar-refractivity contribution is -0.137. The van der Waals surface area contributed by atoms with Crippen LogP contribution < -0.4 is 4.74 Å². The molecule has 4 nitrogen and oxygen atoms in total. The Balaban J connectivity index is 1.89. The van der Waals surface area contributed by atoms with Crippen molar-refractivity contribution in [2.24, 2.45) is 0 Å². The standard InChI is InChI=1S/C16H20N2O2/c1-2-14-5-3-4-10-18(14)16(19)12-20-15-8-6-13(11-17)7-9-15/h6-9,14H,2-5,10,12H2,1H3/t14-/m1/s1. The van der Waals surface area contributed by atoms with Crippen LogP contribution in [0.3, 0.4) is 0 Å². The van der Waals surface area contributed by atoms with Gasteiger partial charge in [-0.3, -0.25) is 4.79 Å². The third kappa shape index (κ3) is 3.51. The van der Waals surface area contributed by atoms with E-state index in [9.17, 15) is 4.79 Å². The van der Waals surface area contributed by atoms with E-state index in [0.717, 1.165) is 25.8 Å². The molecule has 0 spiro atoms. The molecule has 1 aromatic rings. The van der Waals surface area contributed by atoms with E-state index in [1.165, 1.54) is 6.42 Å². The third-order valence-electron chi connectivity index (χ3n) is 3.76. The van der Waals surface area contributed by atoms with Crippen molar-refractivity contribution in [2.45, 2.75) is 38.6 Å². The Kier molecular flexibility index (Phi) is 5.00. The van der Waals surface area contributed by atoms with E-state index in [4.69, 9.17) is 10.00 Å². The predicted octanol–water partition coefficient (Wildman–Crippen LogP) is 2.73. The van der Waals surface area contributed by atoms with Gasteiger partial charge in [-0.05, 0) is 49.9 Å². The van der Waals surface area contributed by atoms with Crippen molar-refractivity contribution < 1.29 is 9.53 Å². The Hall–Kier alpha value is -2.02. The molecule has 1 amide bonds. The SMILES string of the molecule is CC[C@@H]1CCCCN1C(=O)COc1ccc(C#N)cc1. The minimum absolute atomic E-state index is 0.0564. The van der Waals surface area contributed by atoms with E-state index < -0.39 is 0 Å². The molecule has 1 fully saturated rings. The number of ether oxygens (including phenoxy) is 1. The van der Waals surface area contributed by atoms with Gasteiger partial charge in [0.1, 0.15) is 5.75 Å². The molecule has 106 valence electrons. The fourth-order valence-electron chi connectivity index (χ4n) is 2.61. The van der Waals surface area contributed by atoms with Crippen molar-refractivity contribution in [1.82, 2.24) is 4.90 Å². The summed E-state index contributed by atoms with van der Waals surface area (Å²) < 4.78 is 5.51. The number of likely N-dealkylation sites (tertiary alicyclic amines) is 1. The van der Waals surface area contributed by atoms with Crippen LogP contribution >= 0.6 is 0 Å². The van der Waals surface area contributed by atoms with Gasteiger partial charge in [-0.1, -0.05) is 6.92 Å². The highest BCUT2D eigenvalue weighted by Gasteiger charge is 2.25. The first-order chi connectivity index (χ1) is 9.74. The van der Waals surface area contributed by atoms with Gasteiger partial charge in [0.15, 0.2) is 6.61 Å². The summed E-state index contributed by atoms with van der Waals surface area (Å²) in [5, 5.41) is 8.72. The van der Waals surface area contributed by atoms with E-state index in [1.807, 2.05) is 4.90 Å². The molecule has 20 heavy (non-hydrogen) atoms. The quantitative estimate of drug-likeness (QED) is 0.846. The van der Waals surface area contributed by atoms with Crippen LogP contribution in [0.5, 0.6) is 5.75 Å². The molecule has 4 heteroatoms. The highest BCUT2D eigenvalue weighted by atomic mass is 16.5. The molecule has 2 rings (SSSR count). The normalized spacial score (nSPS) is 18.4. The number of piperidine rings is 1. The van der Waals surface area contributed by atoms with Crippen LogP contribution in [0, 0.1) is 11.3 Å². The van der Waals surface area contributed by atoms with Crippen LogP contribution in [0.1, 0.15) is 38.2 Å². The molecule has 0 bridgehead atoms. The molecule has 1 heterocycles. The van der Waals surface area contributed by atoms with Crippen molar-refractivity contribution in [1.29, 1.82) is 5.26 Å². The summed E-state index contributed by atoms with van der Waals surface area (Å²) in [6.45, 7) is 3.04. The zero-order chi connectivity index (χ0) is 14.4. The van der Waals surface area contributed by atoms with E-state index in [0.29, 0.717) is 17.4 Å². The second-order valence-electron chi connectivity index (χ2n) is 5.07. The minimum atomic E-state index is 0.0564. The summed E-state index contributed by atoms with van der Waals surface area (Å²) in [6.07, 6.45) is 4.39. The van der Waals surface area contributed by atoms with Gasteiger partial charge in [0.05, 0.1) is 11.6 Å². The van der Waals surface area contributed by atoms with Crippen LogP contribution in [0.4, 0.5) is 0 Å². The van der Waals surface area contributed by atoms with E-state index in [-0.39, 0.29) is 12.5 Å². The van der Waals surface area contributed by atoms with Crippen LogP contribution in [-0.4, -0.2) is 30.0 Å². The van der Waals surface area contributed by atoms with E-state index in [1.54, 1.807) is 24.3 Å². The zero-order valence-corrected chi connectivity index (χ0v) is 11.8. The van der Waals surface area contributed by atoms with Gasteiger partial charge in [0.2, 0.25) is 0 Å².